The summed E-state index contributed by atoms with van der Waals surface area (Å²) in [6.45, 7) is 1.04. The van der Waals surface area contributed by atoms with Gasteiger partial charge in [0.05, 0.1) is 13.7 Å². The van der Waals surface area contributed by atoms with Gasteiger partial charge in [-0.2, -0.15) is 0 Å². The second-order valence-electron chi connectivity index (χ2n) is 6.15. The Morgan fingerprint density at radius 2 is 2.00 bits per heavy atom. The highest BCUT2D eigenvalue weighted by Gasteiger charge is 2.17. The van der Waals surface area contributed by atoms with Crippen LogP contribution in [0.1, 0.15) is 21.6 Å². The third-order valence-corrected chi connectivity index (χ3v) is 5.41. The van der Waals surface area contributed by atoms with Crippen LogP contribution in [0.3, 0.4) is 0 Å². The minimum absolute atomic E-state index is 0.0925. The van der Waals surface area contributed by atoms with Gasteiger partial charge in [0.25, 0.3) is 5.91 Å². The first-order valence-electron chi connectivity index (χ1n) is 8.62. The van der Waals surface area contributed by atoms with E-state index in [4.69, 9.17) is 4.74 Å². The number of amides is 1. The molecule has 6 heteroatoms. The Balaban J connectivity index is 1.64. The molecule has 27 heavy (non-hydrogen) atoms. The van der Waals surface area contributed by atoms with E-state index < -0.39 is 0 Å². The lowest BCUT2D eigenvalue weighted by Gasteiger charge is -2.13. The van der Waals surface area contributed by atoms with Gasteiger partial charge in [0.15, 0.2) is 0 Å². The number of thiophene rings is 1. The Morgan fingerprint density at radius 1 is 1.19 bits per heavy atom. The van der Waals surface area contributed by atoms with Gasteiger partial charge < -0.3 is 14.6 Å². The number of nitrogens with zero attached hydrogens (tertiary/aromatic N) is 2. The fourth-order valence-electron chi connectivity index (χ4n) is 3.10. The van der Waals surface area contributed by atoms with Crippen molar-refractivity contribution in [3.63, 3.8) is 0 Å². The predicted molar refractivity (Wildman–Crippen MR) is 107 cm³/mol. The molecule has 0 atom stereocenters. The average molecular weight is 377 g/mol. The van der Waals surface area contributed by atoms with Crippen LogP contribution in [0, 0.1) is 0 Å². The van der Waals surface area contributed by atoms with Crippen molar-refractivity contribution in [2.75, 3.05) is 7.11 Å². The van der Waals surface area contributed by atoms with Crippen molar-refractivity contribution in [2.24, 2.45) is 0 Å². The molecule has 0 radical (unpaired) electrons. The molecule has 0 fully saturated rings. The number of nitrogens with one attached hydrogen (secondary N) is 1. The summed E-state index contributed by atoms with van der Waals surface area (Å²) in [5.41, 5.74) is 2.70. The summed E-state index contributed by atoms with van der Waals surface area (Å²) < 4.78 is 7.53. The molecule has 0 aliphatic rings. The molecule has 0 saturated carbocycles. The summed E-state index contributed by atoms with van der Waals surface area (Å²) in [7, 11) is 1.66. The number of carbonyl (C=O) groups excluding carboxylic acids is 1. The van der Waals surface area contributed by atoms with Gasteiger partial charge in [0, 0.05) is 29.9 Å². The third-order valence-electron chi connectivity index (χ3n) is 4.46. The minimum Gasteiger partial charge on any atom is -0.496 e. The molecule has 4 rings (SSSR count). The highest BCUT2D eigenvalue weighted by molar-refractivity contribution is 7.16. The van der Waals surface area contributed by atoms with Gasteiger partial charge in [0.1, 0.15) is 16.3 Å². The maximum atomic E-state index is 12.9. The minimum atomic E-state index is -0.0925. The molecule has 3 heterocycles. The van der Waals surface area contributed by atoms with E-state index >= 15 is 0 Å². The molecule has 4 aromatic rings. The van der Waals surface area contributed by atoms with Crippen molar-refractivity contribution in [3.05, 3.63) is 83.1 Å². The van der Waals surface area contributed by atoms with Crippen molar-refractivity contribution in [1.82, 2.24) is 14.9 Å². The Morgan fingerprint density at radius 3 is 2.81 bits per heavy atom. The first kappa shape index (κ1) is 17.3. The van der Waals surface area contributed by atoms with Crippen LogP contribution in [0.2, 0.25) is 0 Å². The summed E-state index contributed by atoms with van der Waals surface area (Å²) in [5, 5.41) is 6.12. The molecule has 0 aliphatic carbocycles. The molecule has 0 unspecified atom stereocenters. The second-order valence-corrected chi connectivity index (χ2v) is 7.04. The van der Waals surface area contributed by atoms with E-state index in [9.17, 15) is 4.79 Å². The standard InChI is InChI=1S/C21H19N3O2S/c1-26-19-5-3-2-4-17(19)14-24-18(12-16-8-11-27-21(16)24)20(25)23-13-15-6-9-22-10-7-15/h2-12H,13-14H2,1H3,(H,23,25). The Labute approximate surface area is 161 Å². The molecule has 1 aromatic carbocycles. The molecule has 3 aromatic heterocycles. The number of carbonyl (C=O) groups is 1. The van der Waals surface area contributed by atoms with E-state index in [-0.39, 0.29) is 5.91 Å². The third kappa shape index (κ3) is 3.57. The van der Waals surface area contributed by atoms with Crippen LogP contribution in [-0.2, 0) is 13.1 Å². The van der Waals surface area contributed by atoms with Crippen LogP contribution in [0.15, 0.2) is 66.3 Å². The number of hydrogen-bond acceptors (Lipinski definition) is 4. The van der Waals surface area contributed by atoms with Gasteiger partial charge in [-0.1, -0.05) is 18.2 Å². The molecular weight excluding hydrogens is 358 g/mol. The molecule has 0 bridgehead atoms. The summed E-state index contributed by atoms with van der Waals surface area (Å²) >= 11 is 1.63. The van der Waals surface area contributed by atoms with Crippen molar-refractivity contribution < 1.29 is 9.53 Å². The highest BCUT2D eigenvalue weighted by atomic mass is 32.1. The van der Waals surface area contributed by atoms with Gasteiger partial charge in [-0.15, -0.1) is 11.3 Å². The fraction of sp³-hybridized carbons (Fsp3) is 0.143. The van der Waals surface area contributed by atoms with Gasteiger partial charge in [-0.3, -0.25) is 9.78 Å². The summed E-state index contributed by atoms with van der Waals surface area (Å²) in [6, 6.07) is 15.7. The first-order valence-corrected chi connectivity index (χ1v) is 9.50. The van der Waals surface area contributed by atoms with Crippen LogP contribution in [0.5, 0.6) is 5.75 Å². The van der Waals surface area contributed by atoms with E-state index in [0.29, 0.717) is 18.8 Å². The molecular formula is C21H19N3O2S. The normalized spacial score (nSPS) is 10.9. The van der Waals surface area contributed by atoms with Crippen molar-refractivity contribution in [1.29, 1.82) is 0 Å². The number of rotatable bonds is 6. The summed E-state index contributed by atoms with van der Waals surface area (Å²) in [4.78, 5) is 18.0. The number of benzene rings is 1. The van der Waals surface area contributed by atoms with E-state index in [1.165, 1.54) is 0 Å². The predicted octanol–water partition coefficient (Wildman–Crippen LogP) is 4.08. The zero-order valence-corrected chi connectivity index (χ0v) is 15.7. The van der Waals surface area contributed by atoms with Crippen LogP contribution >= 0.6 is 11.3 Å². The van der Waals surface area contributed by atoms with Gasteiger partial charge >= 0.3 is 0 Å². The fourth-order valence-corrected chi connectivity index (χ4v) is 3.99. The summed E-state index contributed by atoms with van der Waals surface area (Å²) in [6.07, 6.45) is 3.45. The lowest BCUT2D eigenvalue weighted by atomic mass is 10.2. The Bertz CT molecular complexity index is 1070. The van der Waals surface area contributed by atoms with Crippen molar-refractivity contribution in [2.45, 2.75) is 13.1 Å². The van der Waals surface area contributed by atoms with Crippen LogP contribution in [-0.4, -0.2) is 22.6 Å². The molecule has 1 amide bonds. The van der Waals surface area contributed by atoms with Gasteiger partial charge in [-0.05, 0) is 41.3 Å². The second kappa shape index (κ2) is 7.63. The molecule has 0 spiro atoms. The smallest absolute Gasteiger partial charge is 0.268 e. The largest absolute Gasteiger partial charge is 0.496 e. The quantitative estimate of drug-likeness (QED) is 0.551. The van der Waals surface area contributed by atoms with Gasteiger partial charge in [0.2, 0.25) is 0 Å². The molecule has 0 aliphatic heterocycles. The maximum absolute atomic E-state index is 12.9. The number of ether oxygens (including phenoxy) is 1. The lowest BCUT2D eigenvalue weighted by Crippen LogP contribution is -2.25. The number of para-hydroxylation sites is 1. The van der Waals surface area contributed by atoms with E-state index in [1.54, 1.807) is 30.8 Å². The Hall–Kier alpha value is -3.12. The maximum Gasteiger partial charge on any atom is 0.268 e. The van der Waals surface area contributed by atoms with Crippen LogP contribution in [0.25, 0.3) is 10.2 Å². The SMILES string of the molecule is COc1ccccc1Cn1c(C(=O)NCc2ccncc2)cc2ccsc21. The zero-order valence-electron chi connectivity index (χ0n) is 14.9. The zero-order chi connectivity index (χ0) is 18.6. The number of methoxy groups -OCH3 is 1. The van der Waals surface area contributed by atoms with Crippen LogP contribution < -0.4 is 10.1 Å². The Kier molecular flexibility index (Phi) is 4.89. The molecule has 1 N–H and O–H groups in total. The van der Waals surface area contributed by atoms with Crippen molar-refractivity contribution in [3.8, 4) is 5.75 Å². The van der Waals surface area contributed by atoms with Crippen molar-refractivity contribution >= 4 is 27.5 Å². The summed E-state index contributed by atoms with van der Waals surface area (Å²) in [5.74, 6) is 0.726. The monoisotopic (exact) mass is 377 g/mol. The number of pyridine rings is 1. The number of aromatic nitrogens is 2. The molecule has 0 saturated heterocycles. The molecule has 136 valence electrons. The topological polar surface area (TPSA) is 56.1 Å². The van der Waals surface area contributed by atoms with E-state index in [1.807, 2.05) is 53.9 Å². The van der Waals surface area contributed by atoms with E-state index in [0.717, 1.165) is 27.1 Å². The number of hydrogen-bond donors (Lipinski definition) is 1. The first-order chi connectivity index (χ1) is 13.3. The molecule has 5 nitrogen and oxygen atoms in total. The van der Waals surface area contributed by atoms with Crippen LogP contribution in [0.4, 0.5) is 0 Å². The lowest BCUT2D eigenvalue weighted by molar-refractivity contribution is 0.0942. The van der Waals surface area contributed by atoms with Gasteiger partial charge in [-0.25, -0.2) is 0 Å². The number of fused-ring (bicyclic) bond motifs is 1. The highest BCUT2D eigenvalue weighted by Crippen LogP contribution is 2.28. The average Bonchev–Trinajstić information content (AvgIpc) is 3.30. The van der Waals surface area contributed by atoms with E-state index in [2.05, 4.69) is 14.9 Å².